The molecular weight excluding hydrogens is 417 g/mol. The molecule has 1 atom stereocenters. The predicted molar refractivity (Wildman–Crippen MR) is 64.8 cm³/mol. The summed E-state index contributed by atoms with van der Waals surface area (Å²) in [6, 6.07) is 0.230. The summed E-state index contributed by atoms with van der Waals surface area (Å²) in [5.74, 6) is -1.12. The van der Waals surface area contributed by atoms with E-state index in [0.717, 1.165) is 0 Å². The van der Waals surface area contributed by atoms with Crippen LogP contribution in [0.2, 0.25) is 0 Å². The van der Waals surface area contributed by atoms with Crippen LogP contribution in [0.15, 0.2) is 16.6 Å². The van der Waals surface area contributed by atoms with Gasteiger partial charge in [-0.05, 0) is 39.7 Å². The number of ether oxygens (including phenoxy) is 1. The van der Waals surface area contributed by atoms with Crippen LogP contribution in [0.4, 0.5) is 40.8 Å². The molecule has 1 aromatic rings. The summed E-state index contributed by atoms with van der Waals surface area (Å²) in [4.78, 5) is 0. The van der Waals surface area contributed by atoms with E-state index < -0.39 is 45.3 Å². The van der Waals surface area contributed by atoms with Crippen LogP contribution in [0, 0.1) is 0 Å². The standard InChI is InChI=1S/C10H5BrClF8NO/c11-4-1-3(2-5(6(4)21)22-7(13)14)8(15,9(12,16)17)10(18,19)20/h1-2,7H,21H2. The zero-order valence-electron chi connectivity index (χ0n) is 10.00. The van der Waals surface area contributed by atoms with Crippen LogP contribution in [0.5, 0.6) is 5.75 Å². The summed E-state index contributed by atoms with van der Waals surface area (Å²) in [6.07, 6.45) is -6.14. The zero-order valence-corrected chi connectivity index (χ0v) is 12.3. The zero-order chi connectivity index (χ0) is 17.5. The van der Waals surface area contributed by atoms with Crippen molar-refractivity contribution in [2.24, 2.45) is 0 Å². The molecule has 22 heavy (non-hydrogen) atoms. The van der Waals surface area contributed by atoms with Crippen molar-refractivity contribution in [1.82, 2.24) is 0 Å². The molecule has 0 bridgehead atoms. The molecule has 1 unspecified atom stereocenters. The van der Waals surface area contributed by atoms with E-state index in [9.17, 15) is 35.1 Å². The summed E-state index contributed by atoms with van der Waals surface area (Å²) in [7, 11) is 0. The second-order valence-corrected chi connectivity index (χ2v) is 5.23. The summed E-state index contributed by atoms with van der Waals surface area (Å²) >= 11 is 6.79. The van der Waals surface area contributed by atoms with Gasteiger partial charge in [-0.1, -0.05) is 0 Å². The molecular formula is C10H5BrClF8NO. The van der Waals surface area contributed by atoms with Crippen molar-refractivity contribution >= 4 is 33.2 Å². The third-order valence-electron chi connectivity index (χ3n) is 2.49. The van der Waals surface area contributed by atoms with Gasteiger partial charge in [0.2, 0.25) is 0 Å². The highest BCUT2D eigenvalue weighted by Crippen LogP contribution is 2.55. The van der Waals surface area contributed by atoms with E-state index in [0.29, 0.717) is 0 Å². The number of benzene rings is 1. The SMILES string of the molecule is Nc1c(Br)cc(C(F)(C(F)(F)F)C(F)(F)Cl)cc1OC(F)F. The summed E-state index contributed by atoms with van der Waals surface area (Å²) < 4.78 is 106. The minimum atomic E-state index is -6.14. The molecule has 0 radical (unpaired) electrons. The number of hydrogen-bond acceptors (Lipinski definition) is 2. The Morgan fingerprint density at radius 2 is 1.59 bits per heavy atom. The minimum absolute atomic E-state index is 0.0178. The van der Waals surface area contributed by atoms with E-state index in [1.165, 1.54) is 0 Å². The predicted octanol–water partition coefficient (Wildman–Crippen LogP) is 5.19. The Hall–Kier alpha value is -0.970. The summed E-state index contributed by atoms with van der Waals surface area (Å²) in [6.45, 7) is -3.53. The maximum Gasteiger partial charge on any atom is 0.434 e. The smallest absolute Gasteiger partial charge is 0.433 e. The molecule has 1 aromatic carbocycles. The highest BCUT2D eigenvalue weighted by Gasteiger charge is 2.72. The Balaban J connectivity index is 3.62. The van der Waals surface area contributed by atoms with Crippen LogP contribution in [0.25, 0.3) is 0 Å². The number of rotatable bonds is 4. The van der Waals surface area contributed by atoms with Crippen molar-refractivity contribution < 1.29 is 39.9 Å². The molecule has 126 valence electrons. The highest BCUT2D eigenvalue weighted by molar-refractivity contribution is 9.10. The van der Waals surface area contributed by atoms with E-state index in [-0.39, 0.29) is 12.1 Å². The molecule has 0 aliphatic carbocycles. The third-order valence-corrected chi connectivity index (χ3v) is 3.40. The van der Waals surface area contributed by atoms with E-state index >= 15 is 0 Å². The molecule has 0 amide bonds. The van der Waals surface area contributed by atoms with E-state index in [1.54, 1.807) is 0 Å². The van der Waals surface area contributed by atoms with Crippen molar-refractivity contribution in [2.45, 2.75) is 23.8 Å². The number of halogens is 10. The van der Waals surface area contributed by atoms with Crippen molar-refractivity contribution in [1.29, 1.82) is 0 Å². The Bertz CT molecular complexity index is 545. The van der Waals surface area contributed by atoms with E-state index in [4.69, 9.17) is 5.73 Å². The number of alkyl halides is 9. The first kappa shape index (κ1) is 19.1. The Kier molecular flexibility index (Phi) is 5.13. The lowest BCUT2D eigenvalue weighted by atomic mass is 9.94. The second-order valence-electron chi connectivity index (χ2n) is 3.90. The first-order valence-corrected chi connectivity index (χ1v) is 6.25. The molecule has 1 rings (SSSR count). The molecule has 0 heterocycles. The van der Waals surface area contributed by atoms with Crippen LogP contribution in [0.3, 0.4) is 0 Å². The van der Waals surface area contributed by atoms with Gasteiger partial charge in [0, 0.05) is 10.0 Å². The van der Waals surface area contributed by atoms with Crippen molar-refractivity contribution in [3.8, 4) is 5.75 Å². The monoisotopic (exact) mass is 421 g/mol. The van der Waals surface area contributed by atoms with Crippen molar-refractivity contribution in [3.05, 3.63) is 22.2 Å². The van der Waals surface area contributed by atoms with Gasteiger partial charge >= 0.3 is 23.8 Å². The number of nitrogens with two attached hydrogens (primary N) is 1. The molecule has 0 spiro atoms. The molecule has 0 saturated carbocycles. The first-order valence-electron chi connectivity index (χ1n) is 5.08. The van der Waals surface area contributed by atoms with Crippen LogP contribution in [-0.2, 0) is 5.67 Å². The molecule has 12 heteroatoms. The van der Waals surface area contributed by atoms with Crippen LogP contribution < -0.4 is 10.5 Å². The molecule has 0 aromatic heterocycles. The Morgan fingerprint density at radius 3 is 1.95 bits per heavy atom. The van der Waals surface area contributed by atoms with Crippen molar-refractivity contribution in [2.75, 3.05) is 5.73 Å². The fourth-order valence-corrected chi connectivity index (χ4v) is 2.13. The fraction of sp³-hybridized carbons (Fsp3) is 0.400. The number of nitrogen functional groups attached to an aromatic ring is 1. The summed E-state index contributed by atoms with van der Waals surface area (Å²) in [5, 5.41) is -5.41. The molecule has 0 aliphatic rings. The summed E-state index contributed by atoms with van der Waals surface area (Å²) in [5.41, 5.74) is -2.50. The quantitative estimate of drug-likeness (QED) is 0.412. The normalized spacial score (nSPS) is 15.8. The number of hydrogen-bond donors (Lipinski definition) is 1. The van der Waals surface area contributed by atoms with Crippen LogP contribution >= 0.6 is 27.5 Å². The molecule has 2 N–H and O–H groups in total. The molecule has 2 nitrogen and oxygen atoms in total. The van der Waals surface area contributed by atoms with Gasteiger partial charge in [-0.15, -0.1) is 0 Å². The van der Waals surface area contributed by atoms with Gasteiger partial charge in [-0.3, -0.25) is 0 Å². The van der Waals surface area contributed by atoms with Crippen molar-refractivity contribution in [3.63, 3.8) is 0 Å². The maximum atomic E-state index is 14.1. The van der Waals surface area contributed by atoms with Crippen LogP contribution in [-0.4, -0.2) is 18.2 Å². The lowest BCUT2D eigenvalue weighted by Crippen LogP contribution is -2.49. The average molecular weight is 422 g/mol. The number of anilines is 1. The lowest BCUT2D eigenvalue weighted by molar-refractivity contribution is -0.286. The maximum absolute atomic E-state index is 14.1. The fourth-order valence-electron chi connectivity index (χ4n) is 1.47. The molecule has 0 aliphatic heterocycles. The van der Waals surface area contributed by atoms with E-state index in [2.05, 4.69) is 32.3 Å². The largest absolute Gasteiger partial charge is 0.434 e. The van der Waals surface area contributed by atoms with Gasteiger partial charge in [-0.2, -0.15) is 30.7 Å². The van der Waals surface area contributed by atoms with Gasteiger partial charge in [0.15, 0.2) is 5.75 Å². The van der Waals surface area contributed by atoms with E-state index in [1.807, 2.05) is 0 Å². The third kappa shape index (κ3) is 3.34. The first-order chi connectivity index (χ1) is 9.71. The van der Waals surface area contributed by atoms with Gasteiger partial charge in [-0.25, -0.2) is 4.39 Å². The minimum Gasteiger partial charge on any atom is -0.433 e. The Morgan fingerprint density at radius 1 is 1.09 bits per heavy atom. The van der Waals surface area contributed by atoms with Gasteiger partial charge in [0.05, 0.1) is 5.69 Å². The lowest BCUT2D eigenvalue weighted by Gasteiger charge is -2.32. The highest BCUT2D eigenvalue weighted by atomic mass is 79.9. The second kappa shape index (κ2) is 5.91. The Labute approximate surface area is 131 Å². The molecule has 0 fully saturated rings. The average Bonchev–Trinajstić information content (AvgIpc) is 2.30. The van der Waals surface area contributed by atoms with Gasteiger partial charge in [0.1, 0.15) is 0 Å². The van der Waals surface area contributed by atoms with Gasteiger partial charge < -0.3 is 10.5 Å². The molecule has 0 saturated heterocycles. The van der Waals surface area contributed by atoms with Crippen LogP contribution in [0.1, 0.15) is 5.56 Å². The van der Waals surface area contributed by atoms with Gasteiger partial charge in [0.25, 0.3) is 0 Å². The topological polar surface area (TPSA) is 35.2 Å².